The molecular weight excluding hydrogens is 190 g/mol. The molecule has 0 amide bonds. The van der Waals surface area contributed by atoms with Crippen molar-refractivity contribution >= 4 is 11.0 Å². The van der Waals surface area contributed by atoms with E-state index in [0.717, 1.165) is 23.9 Å². The number of aliphatic hydroxyl groups is 1. The second kappa shape index (κ2) is 4.40. The average molecular weight is 205 g/mol. The first-order valence-corrected chi connectivity index (χ1v) is 5.27. The summed E-state index contributed by atoms with van der Waals surface area (Å²) < 4.78 is 0. The molecule has 2 aromatic rings. The highest BCUT2D eigenvalue weighted by atomic mass is 16.3. The predicted octanol–water partition coefficient (Wildman–Crippen LogP) is 1.59. The first-order valence-electron chi connectivity index (χ1n) is 5.27. The zero-order valence-electron chi connectivity index (χ0n) is 8.80. The van der Waals surface area contributed by atoms with E-state index in [-0.39, 0.29) is 6.10 Å². The molecule has 0 radical (unpaired) electrons. The Morgan fingerprint density at radius 2 is 1.87 bits per heavy atom. The summed E-state index contributed by atoms with van der Waals surface area (Å²) in [5.41, 5.74) is 1.75. The molecule has 0 aliphatic carbocycles. The first-order chi connectivity index (χ1) is 7.29. The van der Waals surface area contributed by atoms with Gasteiger partial charge in [0.1, 0.15) is 11.0 Å². The number of hydrogen-bond donors (Lipinski definition) is 1. The fourth-order valence-corrected chi connectivity index (χ4v) is 1.60. The number of aromatic nitrogens is 3. The molecule has 1 aromatic carbocycles. The van der Waals surface area contributed by atoms with Gasteiger partial charge in [0.2, 0.25) is 0 Å². The van der Waals surface area contributed by atoms with Crippen LogP contribution in [0.25, 0.3) is 11.0 Å². The molecule has 1 heterocycles. The van der Waals surface area contributed by atoms with E-state index < -0.39 is 0 Å². The molecule has 0 spiro atoms. The van der Waals surface area contributed by atoms with Crippen LogP contribution >= 0.6 is 0 Å². The summed E-state index contributed by atoms with van der Waals surface area (Å²) in [7, 11) is 0. The second-order valence-electron chi connectivity index (χ2n) is 3.69. The van der Waals surface area contributed by atoms with Crippen LogP contribution in [0.4, 0.5) is 0 Å². The number of benzene rings is 1. The summed E-state index contributed by atoms with van der Waals surface area (Å²) in [4.78, 5) is 1.57. The van der Waals surface area contributed by atoms with Crippen molar-refractivity contribution < 1.29 is 5.11 Å². The van der Waals surface area contributed by atoms with Gasteiger partial charge in [0.05, 0.1) is 12.6 Å². The third-order valence-corrected chi connectivity index (χ3v) is 2.32. The highest BCUT2D eigenvalue weighted by Gasteiger charge is 2.06. The highest BCUT2D eigenvalue weighted by Crippen LogP contribution is 2.08. The van der Waals surface area contributed by atoms with Crippen LogP contribution in [0.3, 0.4) is 0 Å². The van der Waals surface area contributed by atoms with E-state index in [2.05, 4.69) is 17.1 Å². The molecule has 4 heteroatoms. The Morgan fingerprint density at radius 3 is 2.40 bits per heavy atom. The van der Waals surface area contributed by atoms with Gasteiger partial charge < -0.3 is 5.11 Å². The van der Waals surface area contributed by atoms with Crippen molar-refractivity contribution in [2.24, 2.45) is 0 Å². The molecule has 1 aromatic heterocycles. The van der Waals surface area contributed by atoms with Crippen LogP contribution in [0.1, 0.15) is 19.8 Å². The Hall–Kier alpha value is -1.42. The van der Waals surface area contributed by atoms with Crippen molar-refractivity contribution in [2.45, 2.75) is 32.4 Å². The summed E-state index contributed by atoms with van der Waals surface area (Å²) in [5.74, 6) is 0. The topological polar surface area (TPSA) is 50.9 Å². The van der Waals surface area contributed by atoms with E-state index in [1.807, 2.05) is 24.3 Å². The van der Waals surface area contributed by atoms with Crippen molar-refractivity contribution in [3.63, 3.8) is 0 Å². The molecule has 0 saturated carbocycles. The molecule has 0 bridgehead atoms. The van der Waals surface area contributed by atoms with Crippen LogP contribution in [0.2, 0.25) is 0 Å². The molecule has 0 fully saturated rings. The van der Waals surface area contributed by atoms with Gasteiger partial charge in [-0.1, -0.05) is 25.5 Å². The van der Waals surface area contributed by atoms with Crippen molar-refractivity contribution in [3.05, 3.63) is 24.3 Å². The zero-order chi connectivity index (χ0) is 10.7. The third-order valence-electron chi connectivity index (χ3n) is 2.32. The summed E-state index contributed by atoms with van der Waals surface area (Å²) in [6, 6.07) is 7.71. The smallest absolute Gasteiger partial charge is 0.113 e. The van der Waals surface area contributed by atoms with Crippen LogP contribution in [0.15, 0.2) is 24.3 Å². The van der Waals surface area contributed by atoms with Gasteiger partial charge in [-0.05, 0) is 18.6 Å². The SMILES string of the molecule is CCCC(O)Cn1nc2ccccc2n1. The standard InChI is InChI=1S/C11H15N3O/c1-2-5-9(15)8-14-12-10-6-3-4-7-11(10)13-14/h3-4,6-7,9,15H,2,5,8H2,1H3. The van der Waals surface area contributed by atoms with E-state index in [9.17, 15) is 5.11 Å². The van der Waals surface area contributed by atoms with E-state index >= 15 is 0 Å². The summed E-state index contributed by atoms with van der Waals surface area (Å²) >= 11 is 0. The lowest BCUT2D eigenvalue weighted by Crippen LogP contribution is -2.17. The molecule has 1 N–H and O–H groups in total. The molecular formula is C11H15N3O. The molecule has 0 aliphatic rings. The van der Waals surface area contributed by atoms with E-state index in [0.29, 0.717) is 6.54 Å². The zero-order valence-corrected chi connectivity index (χ0v) is 8.80. The van der Waals surface area contributed by atoms with Crippen LogP contribution in [0, 0.1) is 0 Å². The molecule has 0 saturated heterocycles. The Balaban J connectivity index is 2.15. The van der Waals surface area contributed by atoms with Gasteiger partial charge in [-0.25, -0.2) is 0 Å². The number of nitrogens with zero attached hydrogens (tertiary/aromatic N) is 3. The molecule has 0 aliphatic heterocycles. The molecule has 1 atom stereocenters. The van der Waals surface area contributed by atoms with Gasteiger partial charge in [0.25, 0.3) is 0 Å². The fourth-order valence-electron chi connectivity index (χ4n) is 1.60. The van der Waals surface area contributed by atoms with Crippen LogP contribution < -0.4 is 0 Å². The van der Waals surface area contributed by atoms with E-state index in [1.165, 1.54) is 0 Å². The van der Waals surface area contributed by atoms with Gasteiger partial charge >= 0.3 is 0 Å². The molecule has 2 rings (SSSR count). The largest absolute Gasteiger partial charge is 0.391 e. The Bertz CT molecular complexity index is 405. The number of rotatable bonds is 4. The normalized spacial score (nSPS) is 13.2. The maximum absolute atomic E-state index is 9.63. The monoisotopic (exact) mass is 205 g/mol. The molecule has 1 unspecified atom stereocenters. The van der Waals surface area contributed by atoms with Gasteiger partial charge in [-0.15, -0.1) is 0 Å². The lowest BCUT2D eigenvalue weighted by atomic mass is 10.2. The minimum atomic E-state index is -0.350. The van der Waals surface area contributed by atoms with Gasteiger partial charge in [-0.3, -0.25) is 0 Å². The van der Waals surface area contributed by atoms with E-state index in [4.69, 9.17) is 0 Å². The van der Waals surface area contributed by atoms with Crippen LogP contribution in [-0.4, -0.2) is 26.2 Å². The highest BCUT2D eigenvalue weighted by molar-refractivity contribution is 5.72. The Morgan fingerprint density at radius 1 is 1.27 bits per heavy atom. The summed E-state index contributed by atoms with van der Waals surface area (Å²) in [5, 5.41) is 18.2. The maximum atomic E-state index is 9.63. The molecule has 80 valence electrons. The number of fused-ring (bicyclic) bond motifs is 1. The predicted molar refractivity (Wildman–Crippen MR) is 58.4 cm³/mol. The lowest BCUT2D eigenvalue weighted by Gasteiger charge is -2.06. The fraction of sp³-hybridized carbons (Fsp3) is 0.455. The van der Waals surface area contributed by atoms with Crippen molar-refractivity contribution in [2.75, 3.05) is 0 Å². The number of aliphatic hydroxyl groups excluding tert-OH is 1. The van der Waals surface area contributed by atoms with Crippen molar-refractivity contribution in [1.29, 1.82) is 0 Å². The molecule has 4 nitrogen and oxygen atoms in total. The quantitative estimate of drug-likeness (QED) is 0.824. The van der Waals surface area contributed by atoms with Crippen LogP contribution in [-0.2, 0) is 6.54 Å². The average Bonchev–Trinajstić information content (AvgIpc) is 2.59. The second-order valence-corrected chi connectivity index (χ2v) is 3.69. The lowest BCUT2D eigenvalue weighted by molar-refractivity contribution is 0.134. The third kappa shape index (κ3) is 2.33. The van der Waals surface area contributed by atoms with Crippen molar-refractivity contribution in [3.8, 4) is 0 Å². The molecule has 15 heavy (non-hydrogen) atoms. The van der Waals surface area contributed by atoms with Gasteiger partial charge in [0, 0.05) is 0 Å². The Kier molecular flexibility index (Phi) is 2.97. The summed E-state index contributed by atoms with van der Waals surface area (Å²) in [6.45, 7) is 2.53. The van der Waals surface area contributed by atoms with Crippen molar-refractivity contribution in [1.82, 2.24) is 15.0 Å². The van der Waals surface area contributed by atoms with Gasteiger partial charge in [-0.2, -0.15) is 15.0 Å². The first kappa shape index (κ1) is 10.1. The Labute approximate surface area is 88.5 Å². The van der Waals surface area contributed by atoms with Crippen LogP contribution in [0.5, 0.6) is 0 Å². The minimum Gasteiger partial charge on any atom is -0.391 e. The minimum absolute atomic E-state index is 0.350. The van der Waals surface area contributed by atoms with E-state index in [1.54, 1.807) is 4.80 Å². The van der Waals surface area contributed by atoms with Gasteiger partial charge in [0.15, 0.2) is 0 Å². The maximum Gasteiger partial charge on any atom is 0.113 e. The number of hydrogen-bond acceptors (Lipinski definition) is 3. The summed E-state index contributed by atoms with van der Waals surface area (Å²) in [6.07, 6.45) is 1.41.